The molecule has 0 unspecified atom stereocenters. The topological polar surface area (TPSA) is 75.7 Å². The molecule has 0 bridgehead atoms. The van der Waals surface area contributed by atoms with Crippen LogP contribution in [0, 0.1) is 0 Å². The van der Waals surface area contributed by atoms with Gasteiger partial charge >= 0.3 is 0 Å². The molecule has 1 aliphatic rings. The number of carbonyl (C=O) groups excluding carboxylic acids is 1. The number of nitrogens with zero attached hydrogens (tertiary/aromatic N) is 1. The number of rotatable bonds is 9. The summed E-state index contributed by atoms with van der Waals surface area (Å²) in [6.07, 6.45) is 3.70. The number of carbonyl (C=O) groups is 1. The van der Waals surface area contributed by atoms with Crippen LogP contribution in [0.4, 0.5) is 0 Å². The summed E-state index contributed by atoms with van der Waals surface area (Å²) < 4.78 is 33.0. The molecule has 8 heteroatoms. The molecule has 0 radical (unpaired) electrons. The van der Waals surface area contributed by atoms with Gasteiger partial charge in [0.25, 0.3) is 0 Å². The minimum Gasteiger partial charge on any atom is -0.493 e. The lowest BCUT2D eigenvalue weighted by molar-refractivity contribution is -0.113. The molecule has 1 fully saturated rings. The van der Waals surface area contributed by atoms with Crippen LogP contribution in [-0.2, 0) is 4.79 Å². The number of likely N-dealkylation sites (tertiary alicyclic amines) is 1. The average Bonchev–Trinajstić information content (AvgIpc) is 2.89. The maximum atomic E-state index is 13.6. The number of hydrogen-bond acceptors (Lipinski definition) is 8. The fraction of sp³-hybridized carbons (Fsp3) is 0.370. The molecule has 2 aromatic rings. The third-order valence-electron chi connectivity index (χ3n) is 5.95. The van der Waals surface area contributed by atoms with E-state index in [0.717, 1.165) is 17.7 Å². The largest absolute Gasteiger partial charge is 0.493 e. The Morgan fingerprint density at radius 1 is 0.657 bits per heavy atom. The third-order valence-corrected chi connectivity index (χ3v) is 5.95. The van der Waals surface area contributed by atoms with Gasteiger partial charge in [-0.3, -0.25) is 9.69 Å². The van der Waals surface area contributed by atoms with Gasteiger partial charge in [0, 0.05) is 35.4 Å². The zero-order valence-electron chi connectivity index (χ0n) is 21.4. The summed E-state index contributed by atoms with van der Waals surface area (Å²) >= 11 is 0. The highest BCUT2D eigenvalue weighted by atomic mass is 16.5. The van der Waals surface area contributed by atoms with Crippen molar-refractivity contribution in [2.75, 3.05) is 62.3 Å². The summed E-state index contributed by atoms with van der Waals surface area (Å²) in [4.78, 5) is 15.8. The van der Waals surface area contributed by atoms with E-state index in [0.29, 0.717) is 58.7 Å². The number of ketones is 1. The monoisotopic (exact) mass is 483 g/mol. The van der Waals surface area contributed by atoms with Crippen LogP contribution in [0.1, 0.15) is 18.1 Å². The van der Waals surface area contributed by atoms with Gasteiger partial charge in [0.2, 0.25) is 11.5 Å². The van der Waals surface area contributed by atoms with Crippen molar-refractivity contribution in [3.05, 3.63) is 46.5 Å². The second kappa shape index (κ2) is 11.7. The van der Waals surface area contributed by atoms with Gasteiger partial charge in [-0.1, -0.05) is 6.92 Å². The van der Waals surface area contributed by atoms with E-state index in [1.807, 2.05) is 24.3 Å². The zero-order chi connectivity index (χ0) is 25.5. The summed E-state index contributed by atoms with van der Waals surface area (Å²) in [5, 5.41) is 0. The Bertz CT molecular complexity index is 1050. The van der Waals surface area contributed by atoms with Crippen molar-refractivity contribution >= 4 is 17.9 Å². The highest BCUT2D eigenvalue weighted by Crippen LogP contribution is 2.42. The number of Topliss-reactive ketones (excluding diaryl/α,β-unsaturated/α-hetero) is 1. The van der Waals surface area contributed by atoms with Crippen LogP contribution in [0.15, 0.2) is 35.4 Å². The highest BCUT2D eigenvalue weighted by molar-refractivity contribution is 6.15. The van der Waals surface area contributed by atoms with E-state index in [4.69, 9.17) is 28.4 Å². The summed E-state index contributed by atoms with van der Waals surface area (Å²) in [5.41, 5.74) is 2.76. The number of methoxy groups -OCH3 is 6. The third kappa shape index (κ3) is 5.22. The second-order valence-electron chi connectivity index (χ2n) is 7.82. The molecule has 0 aliphatic carbocycles. The molecule has 1 saturated heterocycles. The molecule has 0 atom stereocenters. The fourth-order valence-corrected chi connectivity index (χ4v) is 4.19. The van der Waals surface area contributed by atoms with E-state index in [1.165, 1.54) is 0 Å². The first kappa shape index (κ1) is 26.0. The maximum absolute atomic E-state index is 13.6. The van der Waals surface area contributed by atoms with E-state index in [1.54, 1.807) is 54.8 Å². The number of hydrogen-bond donors (Lipinski definition) is 0. The normalized spacial score (nSPS) is 16.4. The van der Waals surface area contributed by atoms with Crippen LogP contribution in [0.25, 0.3) is 12.2 Å². The molecular weight excluding hydrogens is 450 g/mol. The Morgan fingerprint density at radius 3 is 1.37 bits per heavy atom. The lowest BCUT2D eigenvalue weighted by Crippen LogP contribution is -2.37. The number of ether oxygens (including phenoxy) is 6. The van der Waals surface area contributed by atoms with Gasteiger partial charge in [-0.25, -0.2) is 0 Å². The average molecular weight is 484 g/mol. The fourth-order valence-electron chi connectivity index (χ4n) is 4.19. The number of likely N-dealkylation sites (N-methyl/N-ethyl adjacent to an activating group) is 1. The first-order valence-electron chi connectivity index (χ1n) is 11.2. The van der Waals surface area contributed by atoms with Crippen molar-refractivity contribution < 1.29 is 33.2 Å². The second-order valence-corrected chi connectivity index (χ2v) is 7.82. The van der Waals surface area contributed by atoms with E-state index >= 15 is 0 Å². The van der Waals surface area contributed by atoms with E-state index < -0.39 is 0 Å². The van der Waals surface area contributed by atoms with Crippen LogP contribution in [0.3, 0.4) is 0 Å². The molecule has 35 heavy (non-hydrogen) atoms. The molecule has 0 aromatic heterocycles. The number of piperidine rings is 1. The van der Waals surface area contributed by atoms with Crippen LogP contribution in [0.2, 0.25) is 0 Å². The lowest BCUT2D eigenvalue weighted by Gasteiger charge is -2.29. The van der Waals surface area contributed by atoms with Gasteiger partial charge in [0.05, 0.1) is 42.7 Å². The van der Waals surface area contributed by atoms with Crippen LogP contribution < -0.4 is 28.4 Å². The Kier molecular flexibility index (Phi) is 8.65. The van der Waals surface area contributed by atoms with Gasteiger partial charge in [-0.05, 0) is 43.0 Å². The highest BCUT2D eigenvalue weighted by Gasteiger charge is 2.27. The van der Waals surface area contributed by atoms with Gasteiger partial charge in [0.1, 0.15) is 0 Å². The lowest BCUT2D eigenvalue weighted by atomic mass is 9.93. The molecule has 8 nitrogen and oxygen atoms in total. The van der Waals surface area contributed by atoms with E-state index in [9.17, 15) is 4.79 Å². The van der Waals surface area contributed by atoms with Crippen molar-refractivity contribution in [2.45, 2.75) is 6.92 Å². The summed E-state index contributed by atoms with van der Waals surface area (Å²) in [6.45, 7) is 3.90. The standard InChI is InChI=1S/C27H33NO7/c1-8-28-15-19(13-17-9-11-21(30-2)26(34-6)24(17)32-4)23(29)20(16-28)14-18-10-12-22(31-3)27(35-7)25(18)33-5/h9-14H,8,15-16H2,1-7H3/b19-13+,20-14+. The molecule has 0 spiro atoms. The maximum Gasteiger partial charge on any atom is 0.203 e. The minimum absolute atomic E-state index is 0.0385. The quantitative estimate of drug-likeness (QED) is 0.494. The molecule has 188 valence electrons. The van der Waals surface area contributed by atoms with Crippen molar-refractivity contribution in [1.29, 1.82) is 0 Å². The summed E-state index contributed by atoms with van der Waals surface area (Å²) in [7, 11) is 9.37. The Morgan fingerprint density at radius 2 is 1.06 bits per heavy atom. The molecule has 2 aromatic carbocycles. The SMILES string of the molecule is CCN1C/C(=C\c2ccc(OC)c(OC)c2OC)C(=O)/C(=C/c2ccc(OC)c(OC)c2OC)C1. The minimum atomic E-state index is -0.0385. The van der Waals surface area contributed by atoms with E-state index in [2.05, 4.69) is 11.8 Å². The molecule has 1 aliphatic heterocycles. The first-order valence-corrected chi connectivity index (χ1v) is 11.2. The zero-order valence-corrected chi connectivity index (χ0v) is 21.4. The van der Waals surface area contributed by atoms with Crippen LogP contribution >= 0.6 is 0 Å². The van der Waals surface area contributed by atoms with Crippen molar-refractivity contribution in [2.24, 2.45) is 0 Å². The van der Waals surface area contributed by atoms with Gasteiger partial charge in [-0.15, -0.1) is 0 Å². The molecule has 3 rings (SSSR count). The predicted octanol–water partition coefficient (Wildman–Crippen LogP) is 4.11. The molecule has 1 heterocycles. The van der Waals surface area contributed by atoms with E-state index in [-0.39, 0.29) is 5.78 Å². The van der Waals surface area contributed by atoms with Crippen LogP contribution in [-0.4, -0.2) is 73.0 Å². The Balaban J connectivity index is 2.10. The van der Waals surface area contributed by atoms with Crippen molar-refractivity contribution in [1.82, 2.24) is 4.90 Å². The molecule has 0 saturated carbocycles. The Hall–Kier alpha value is -3.65. The van der Waals surface area contributed by atoms with Crippen LogP contribution in [0.5, 0.6) is 34.5 Å². The smallest absolute Gasteiger partial charge is 0.203 e. The predicted molar refractivity (Wildman–Crippen MR) is 135 cm³/mol. The molecular formula is C27H33NO7. The van der Waals surface area contributed by atoms with Crippen molar-refractivity contribution in [3.63, 3.8) is 0 Å². The summed E-state index contributed by atoms with van der Waals surface area (Å²) in [5.74, 6) is 3.04. The Labute approximate surface area is 206 Å². The van der Waals surface area contributed by atoms with Crippen molar-refractivity contribution in [3.8, 4) is 34.5 Å². The van der Waals surface area contributed by atoms with Gasteiger partial charge in [-0.2, -0.15) is 0 Å². The molecule has 0 amide bonds. The van der Waals surface area contributed by atoms with Gasteiger partial charge < -0.3 is 28.4 Å². The molecule has 0 N–H and O–H groups in total. The first-order chi connectivity index (χ1) is 17.0. The number of benzene rings is 2. The van der Waals surface area contributed by atoms with Gasteiger partial charge in [0.15, 0.2) is 28.8 Å². The summed E-state index contributed by atoms with van der Waals surface area (Å²) in [6, 6.07) is 7.30.